The Morgan fingerprint density at radius 3 is 2.41 bits per heavy atom. The number of esters is 1. The summed E-state index contributed by atoms with van der Waals surface area (Å²) in [5.41, 5.74) is 4.51. The number of rotatable bonds is 2. The molecule has 0 aliphatic heterocycles. The van der Waals surface area contributed by atoms with Crippen LogP contribution < -0.4 is 0 Å². The van der Waals surface area contributed by atoms with E-state index in [1.165, 1.54) is 18.9 Å². The third-order valence-corrected chi connectivity index (χ3v) is 8.71. The van der Waals surface area contributed by atoms with Gasteiger partial charge in [-0.1, -0.05) is 31.1 Å². The number of ether oxygens (including phenoxy) is 1. The molecule has 4 aliphatic carbocycles. The summed E-state index contributed by atoms with van der Waals surface area (Å²) in [5, 5.41) is 0. The molecular weight excluding hydrogens is 336 g/mol. The maximum Gasteiger partial charge on any atom is 0.302 e. The molecule has 0 N–H and O–H groups in total. The highest BCUT2D eigenvalue weighted by molar-refractivity contribution is 5.95. The molecule has 0 aromatic heterocycles. The van der Waals surface area contributed by atoms with E-state index in [0.717, 1.165) is 44.1 Å². The summed E-state index contributed by atoms with van der Waals surface area (Å²) in [7, 11) is 0. The zero-order valence-corrected chi connectivity index (χ0v) is 17.6. The van der Waals surface area contributed by atoms with E-state index in [2.05, 4.69) is 26.8 Å². The highest BCUT2D eigenvalue weighted by Gasteiger charge is 2.58. The van der Waals surface area contributed by atoms with Crippen molar-refractivity contribution < 1.29 is 14.3 Å². The smallest absolute Gasteiger partial charge is 0.302 e. The number of carbonyl (C=O) groups excluding carboxylic acids is 2. The first-order valence-electron chi connectivity index (χ1n) is 10.7. The number of ketones is 1. The Morgan fingerprint density at radius 2 is 1.74 bits per heavy atom. The molecule has 27 heavy (non-hydrogen) atoms. The summed E-state index contributed by atoms with van der Waals surface area (Å²) >= 11 is 0. The lowest BCUT2D eigenvalue weighted by atomic mass is 9.46. The number of hydrogen-bond donors (Lipinski definition) is 0. The van der Waals surface area contributed by atoms with Crippen LogP contribution in [-0.4, -0.2) is 17.9 Å². The van der Waals surface area contributed by atoms with Gasteiger partial charge in [-0.15, -0.1) is 0 Å². The minimum atomic E-state index is -0.155. The van der Waals surface area contributed by atoms with E-state index in [4.69, 9.17) is 4.74 Å². The summed E-state index contributed by atoms with van der Waals surface area (Å²) in [6.45, 7) is 10.4. The van der Waals surface area contributed by atoms with Gasteiger partial charge in [0, 0.05) is 13.3 Å². The molecule has 0 unspecified atom stereocenters. The van der Waals surface area contributed by atoms with E-state index in [-0.39, 0.29) is 28.7 Å². The maximum absolute atomic E-state index is 12.2. The number of allylic oxidation sites excluding steroid dienone is 3. The van der Waals surface area contributed by atoms with Gasteiger partial charge in [0.2, 0.25) is 0 Å². The lowest BCUT2D eigenvalue weighted by molar-refractivity contribution is -0.148. The fraction of sp³-hybridized carbons (Fsp3) is 0.750. The fourth-order valence-corrected chi connectivity index (χ4v) is 7.53. The van der Waals surface area contributed by atoms with Crippen molar-refractivity contribution in [3.05, 3.63) is 22.8 Å². The molecule has 148 valence electrons. The number of carbonyl (C=O) groups is 2. The Labute approximate surface area is 163 Å². The van der Waals surface area contributed by atoms with Crippen LogP contribution in [0, 0.1) is 28.6 Å². The quantitative estimate of drug-likeness (QED) is 0.483. The molecule has 4 rings (SSSR count). The first kappa shape index (κ1) is 19.0. The van der Waals surface area contributed by atoms with Gasteiger partial charge in [-0.05, 0) is 86.5 Å². The highest BCUT2D eigenvalue weighted by atomic mass is 16.5. The third-order valence-electron chi connectivity index (χ3n) is 8.71. The minimum absolute atomic E-state index is 0.0587. The molecular formula is C24H34O3. The van der Waals surface area contributed by atoms with Gasteiger partial charge in [0.05, 0.1) is 0 Å². The van der Waals surface area contributed by atoms with Crippen LogP contribution in [0.2, 0.25) is 0 Å². The molecule has 6 atom stereocenters. The van der Waals surface area contributed by atoms with Gasteiger partial charge >= 0.3 is 5.97 Å². The second-order valence-corrected chi connectivity index (χ2v) is 10.1. The number of hydrogen-bond acceptors (Lipinski definition) is 3. The second-order valence-electron chi connectivity index (χ2n) is 10.1. The molecule has 0 aromatic rings. The molecule has 3 nitrogen and oxygen atoms in total. The van der Waals surface area contributed by atoms with Crippen molar-refractivity contribution >= 4 is 11.8 Å². The molecule has 0 aromatic carbocycles. The zero-order chi connectivity index (χ0) is 19.6. The molecule has 0 amide bonds. The Bertz CT molecular complexity index is 745. The highest BCUT2D eigenvalue weighted by Crippen LogP contribution is 2.66. The lowest BCUT2D eigenvalue weighted by Crippen LogP contribution is -2.51. The Balaban J connectivity index is 1.64. The first-order chi connectivity index (χ1) is 12.7. The molecule has 0 radical (unpaired) electrons. The van der Waals surface area contributed by atoms with E-state index >= 15 is 0 Å². The van der Waals surface area contributed by atoms with Crippen LogP contribution >= 0.6 is 0 Å². The topological polar surface area (TPSA) is 43.4 Å². The van der Waals surface area contributed by atoms with Crippen molar-refractivity contribution in [1.82, 2.24) is 0 Å². The SMILES string of the molecule is CC(=O)O[C@H]1CC[C@@]2(C)C(=C(C)C[C@@H]3[C@@H]2CC[C@]2(C)C(C(C)=O)=CC[C@@H]32)C1. The van der Waals surface area contributed by atoms with E-state index in [1.807, 2.05) is 0 Å². The third kappa shape index (κ3) is 2.76. The predicted molar refractivity (Wildman–Crippen MR) is 106 cm³/mol. The fourth-order valence-electron chi connectivity index (χ4n) is 7.53. The van der Waals surface area contributed by atoms with Gasteiger partial charge in [0.15, 0.2) is 5.78 Å². The summed E-state index contributed by atoms with van der Waals surface area (Å²) in [5.74, 6) is 2.10. The number of fused-ring (bicyclic) bond motifs is 5. The van der Waals surface area contributed by atoms with Crippen molar-refractivity contribution in [2.45, 2.75) is 85.7 Å². The van der Waals surface area contributed by atoms with Crippen LogP contribution in [0.1, 0.15) is 79.6 Å². The molecule has 0 spiro atoms. The Hall–Kier alpha value is -1.38. The minimum Gasteiger partial charge on any atom is -0.462 e. The van der Waals surface area contributed by atoms with Gasteiger partial charge in [-0.2, -0.15) is 0 Å². The van der Waals surface area contributed by atoms with Gasteiger partial charge in [0.25, 0.3) is 0 Å². The Morgan fingerprint density at radius 1 is 1.04 bits per heavy atom. The van der Waals surface area contributed by atoms with Gasteiger partial charge in [-0.3, -0.25) is 9.59 Å². The maximum atomic E-state index is 12.2. The summed E-state index contributed by atoms with van der Waals surface area (Å²) in [6.07, 6.45) is 9.91. The Kier molecular flexibility index (Phi) is 4.44. The van der Waals surface area contributed by atoms with Crippen LogP contribution in [0.3, 0.4) is 0 Å². The van der Waals surface area contributed by atoms with Gasteiger partial charge in [-0.25, -0.2) is 0 Å². The second kappa shape index (κ2) is 6.32. The largest absolute Gasteiger partial charge is 0.462 e. The van der Waals surface area contributed by atoms with E-state index < -0.39 is 0 Å². The van der Waals surface area contributed by atoms with Crippen molar-refractivity contribution in [2.75, 3.05) is 0 Å². The summed E-state index contributed by atoms with van der Waals surface area (Å²) in [6, 6.07) is 0. The van der Waals surface area contributed by atoms with E-state index in [9.17, 15) is 9.59 Å². The van der Waals surface area contributed by atoms with Gasteiger partial charge in [0.1, 0.15) is 6.10 Å². The summed E-state index contributed by atoms with van der Waals surface area (Å²) in [4.78, 5) is 23.7. The van der Waals surface area contributed by atoms with Gasteiger partial charge < -0.3 is 4.74 Å². The van der Waals surface area contributed by atoms with Crippen LogP contribution in [0.25, 0.3) is 0 Å². The molecule has 0 saturated heterocycles. The molecule has 0 bridgehead atoms. The first-order valence-corrected chi connectivity index (χ1v) is 10.7. The lowest BCUT2D eigenvalue weighted by Gasteiger charge is -2.58. The van der Waals surface area contributed by atoms with Crippen molar-refractivity contribution in [3.63, 3.8) is 0 Å². The monoisotopic (exact) mass is 370 g/mol. The average molecular weight is 371 g/mol. The van der Waals surface area contributed by atoms with Crippen LogP contribution in [0.15, 0.2) is 22.8 Å². The van der Waals surface area contributed by atoms with Crippen molar-refractivity contribution in [2.24, 2.45) is 28.6 Å². The van der Waals surface area contributed by atoms with Crippen LogP contribution in [0.5, 0.6) is 0 Å². The van der Waals surface area contributed by atoms with Crippen molar-refractivity contribution in [3.8, 4) is 0 Å². The summed E-state index contributed by atoms with van der Waals surface area (Å²) < 4.78 is 5.58. The molecule has 3 heteroatoms. The normalized spacial score (nSPS) is 43.4. The van der Waals surface area contributed by atoms with Crippen LogP contribution in [0.4, 0.5) is 0 Å². The van der Waals surface area contributed by atoms with Crippen LogP contribution in [-0.2, 0) is 14.3 Å². The number of Topliss-reactive ketones (excluding diaryl/α,β-unsaturated/α-hetero) is 1. The average Bonchev–Trinajstić information content (AvgIpc) is 2.93. The molecule has 4 aliphatic rings. The zero-order valence-electron chi connectivity index (χ0n) is 17.6. The molecule has 0 heterocycles. The van der Waals surface area contributed by atoms with E-state index in [1.54, 1.807) is 12.5 Å². The van der Waals surface area contributed by atoms with Crippen molar-refractivity contribution in [1.29, 1.82) is 0 Å². The molecule has 2 saturated carbocycles. The molecule has 2 fully saturated rings. The van der Waals surface area contributed by atoms with E-state index in [0.29, 0.717) is 17.8 Å². The standard InChI is InChI=1S/C24H34O3/c1-14-12-18-20-7-6-19(15(2)25)23(20,4)11-9-21(18)24(5)10-8-17(13-22(14)24)27-16(3)26/h6,17-18,20-21H,7-13H2,1-5H3/t17-,18-,20-,21-,23+,24+/m0/s1. The predicted octanol–water partition coefficient (Wildman–Crippen LogP) is 5.40.